The fourth-order valence-corrected chi connectivity index (χ4v) is 5.72. The molecule has 0 aliphatic heterocycles. The summed E-state index contributed by atoms with van der Waals surface area (Å²) in [6.45, 7) is 10.7. The first-order valence-electron chi connectivity index (χ1n) is 17.0. The number of aromatic nitrogens is 6. The lowest BCUT2D eigenvalue weighted by Crippen LogP contribution is -2.11. The van der Waals surface area contributed by atoms with Crippen LogP contribution in [0.25, 0.3) is 11.3 Å². The first kappa shape index (κ1) is 33.6. The molecule has 0 unspecified atom stereocenters. The minimum Gasteiger partial charge on any atom is -0.370 e. The standard InChI is InChI=1S/C37H44F2N10/c1-24(2)28-22-44-48-34(42-20-26-12-6-8-14-30(26)38)18-32(46-36(28)48)40-16-10-5-11-17-41-33-19-35(43-21-27-13-7-9-15-31(27)39)49-37(47-33)29(23-45-49)25(3)4/h6-9,12-15,18-19,22-25,42-43H,5,10-11,16-17,20-21H2,1-4H3,(H,40,46)(H,41,47). The number of nitrogens with one attached hydrogen (secondary N) is 4. The summed E-state index contributed by atoms with van der Waals surface area (Å²) in [5, 5.41) is 22.8. The van der Waals surface area contributed by atoms with Crippen LogP contribution >= 0.6 is 0 Å². The second-order valence-corrected chi connectivity index (χ2v) is 12.8. The molecule has 0 bridgehead atoms. The van der Waals surface area contributed by atoms with Gasteiger partial charge in [-0.25, -0.2) is 18.7 Å². The fourth-order valence-electron chi connectivity index (χ4n) is 5.72. The molecular weight excluding hydrogens is 622 g/mol. The molecule has 256 valence electrons. The molecule has 0 radical (unpaired) electrons. The summed E-state index contributed by atoms with van der Waals surface area (Å²) in [5.41, 5.74) is 4.85. The highest BCUT2D eigenvalue weighted by atomic mass is 19.1. The van der Waals surface area contributed by atoms with Crippen LogP contribution in [0.4, 0.5) is 32.1 Å². The van der Waals surface area contributed by atoms with E-state index in [1.807, 2.05) is 36.7 Å². The number of halogens is 2. The molecule has 0 aliphatic carbocycles. The Labute approximate surface area is 285 Å². The van der Waals surface area contributed by atoms with E-state index < -0.39 is 0 Å². The van der Waals surface area contributed by atoms with Gasteiger partial charge in [-0.1, -0.05) is 64.1 Å². The normalized spacial score (nSPS) is 11.6. The molecule has 10 nitrogen and oxygen atoms in total. The van der Waals surface area contributed by atoms with E-state index in [0.29, 0.717) is 24.2 Å². The summed E-state index contributed by atoms with van der Waals surface area (Å²) in [4.78, 5) is 9.74. The third-order valence-electron chi connectivity index (χ3n) is 8.54. The van der Waals surface area contributed by atoms with Crippen molar-refractivity contribution in [1.29, 1.82) is 0 Å². The second-order valence-electron chi connectivity index (χ2n) is 12.8. The van der Waals surface area contributed by atoms with Gasteiger partial charge in [-0.3, -0.25) is 0 Å². The Bertz CT molecular complexity index is 1870. The molecule has 4 heterocycles. The van der Waals surface area contributed by atoms with Crippen LogP contribution in [0.5, 0.6) is 0 Å². The van der Waals surface area contributed by atoms with Crippen molar-refractivity contribution in [3.8, 4) is 0 Å². The van der Waals surface area contributed by atoms with Gasteiger partial charge >= 0.3 is 0 Å². The second kappa shape index (κ2) is 15.3. The van der Waals surface area contributed by atoms with E-state index in [2.05, 4.69) is 59.2 Å². The average Bonchev–Trinajstić information content (AvgIpc) is 3.72. The first-order chi connectivity index (χ1) is 23.8. The minimum atomic E-state index is -0.244. The zero-order valence-electron chi connectivity index (χ0n) is 28.5. The number of hydrogen-bond donors (Lipinski definition) is 4. The molecular formula is C37H44F2N10. The Hall–Kier alpha value is -5.26. The lowest BCUT2D eigenvalue weighted by atomic mass is 10.1. The van der Waals surface area contributed by atoms with Gasteiger partial charge in [-0.15, -0.1) is 0 Å². The number of benzene rings is 2. The number of hydrogen-bond acceptors (Lipinski definition) is 8. The van der Waals surface area contributed by atoms with Crippen LogP contribution in [0.2, 0.25) is 0 Å². The molecule has 2 aromatic carbocycles. The van der Waals surface area contributed by atoms with E-state index in [0.717, 1.165) is 78.0 Å². The van der Waals surface area contributed by atoms with Gasteiger partial charge in [-0.2, -0.15) is 19.2 Å². The number of unbranched alkanes of at least 4 members (excludes halogenated alkanes) is 2. The minimum absolute atomic E-state index is 0.244. The maximum absolute atomic E-state index is 14.3. The van der Waals surface area contributed by atoms with E-state index in [4.69, 9.17) is 9.97 Å². The SMILES string of the molecule is CC(C)c1cnn2c(NCc3ccccc3F)cc(NCCCCCNc3cc(NCc4ccccc4F)n4ncc(C(C)C)c4n3)nc12. The van der Waals surface area contributed by atoms with E-state index in [9.17, 15) is 8.78 Å². The van der Waals surface area contributed by atoms with Gasteiger partial charge in [-0.05, 0) is 43.2 Å². The van der Waals surface area contributed by atoms with Crippen LogP contribution in [0.1, 0.15) is 81.0 Å². The van der Waals surface area contributed by atoms with Crippen LogP contribution in [-0.4, -0.2) is 42.3 Å². The smallest absolute Gasteiger partial charge is 0.163 e. The Balaban J connectivity index is 1.05. The van der Waals surface area contributed by atoms with E-state index in [1.54, 1.807) is 33.3 Å². The quantitative estimate of drug-likeness (QED) is 0.0766. The molecule has 49 heavy (non-hydrogen) atoms. The molecule has 0 aliphatic rings. The number of anilines is 4. The highest BCUT2D eigenvalue weighted by molar-refractivity contribution is 5.62. The zero-order chi connectivity index (χ0) is 34.3. The van der Waals surface area contributed by atoms with Crippen molar-refractivity contribution >= 4 is 34.6 Å². The Morgan fingerprint density at radius 1 is 0.592 bits per heavy atom. The third kappa shape index (κ3) is 7.90. The molecule has 0 saturated carbocycles. The molecule has 12 heteroatoms. The lowest BCUT2D eigenvalue weighted by Gasteiger charge is -2.14. The predicted molar refractivity (Wildman–Crippen MR) is 192 cm³/mol. The van der Waals surface area contributed by atoms with Gasteiger partial charge in [0.05, 0.1) is 12.4 Å². The van der Waals surface area contributed by atoms with Crippen molar-refractivity contribution in [2.75, 3.05) is 34.4 Å². The molecule has 6 rings (SSSR count). The summed E-state index contributed by atoms with van der Waals surface area (Å²) in [6, 6.07) is 17.4. The fraction of sp³-hybridized carbons (Fsp3) is 0.351. The van der Waals surface area contributed by atoms with Crippen LogP contribution in [0.15, 0.2) is 73.1 Å². The lowest BCUT2D eigenvalue weighted by molar-refractivity contribution is 0.612. The Kier molecular flexibility index (Phi) is 10.5. The number of nitrogens with zero attached hydrogens (tertiary/aromatic N) is 6. The van der Waals surface area contributed by atoms with Gasteiger partial charge < -0.3 is 21.3 Å². The monoisotopic (exact) mass is 666 g/mol. The predicted octanol–water partition coefficient (Wildman–Crippen LogP) is 8.22. The van der Waals surface area contributed by atoms with E-state index in [1.165, 1.54) is 12.1 Å². The van der Waals surface area contributed by atoms with Crippen LogP contribution in [0, 0.1) is 11.6 Å². The zero-order valence-corrected chi connectivity index (χ0v) is 28.5. The van der Waals surface area contributed by atoms with Gasteiger partial charge in [0, 0.05) is 60.6 Å². The van der Waals surface area contributed by atoms with Crippen molar-refractivity contribution in [2.45, 2.75) is 71.9 Å². The largest absolute Gasteiger partial charge is 0.370 e. The maximum atomic E-state index is 14.3. The Morgan fingerprint density at radius 2 is 1.02 bits per heavy atom. The first-order valence-corrected chi connectivity index (χ1v) is 17.0. The summed E-state index contributed by atoms with van der Waals surface area (Å²) < 4.78 is 32.1. The van der Waals surface area contributed by atoms with Crippen molar-refractivity contribution in [3.05, 3.63) is 107 Å². The van der Waals surface area contributed by atoms with Crippen LogP contribution in [-0.2, 0) is 13.1 Å². The Morgan fingerprint density at radius 3 is 1.43 bits per heavy atom. The summed E-state index contributed by atoms with van der Waals surface area (Å²) in [5.74, 6) is 3.02. The molecule has 0 amide bonds. The molecule has 6 aromatic rings. The molecule has 0 spiro atoms. The van der Waals surface area contributed by atoms with Gasteiger partial charge in [0.15, 0.2) is 11.3 Å². The highest BCUT2D eigenvalue weighted by Crippen LogP contribution is 2.26. The summed E-state index contributed by atoms with van der Waals surface area (Å²) in [7, 11) is 0. The number of fused-ring (bicyclic) bond motifs is 2. The van der Waals surface area contributed by atoms with Crippen molar-refractivity contribution in [2.24, 2.45) is 0 Å². The summed E-state index contributed by atoms with van der Waals surface area (Å²) >= 11 is 0. The average molecular weight is 667 g/mol. The maximum Gasteiger partial charge on any atom is 0.163 e. The third-order valence-corrected chi connectivity index (χ3v) is 8.54. The highest BCUT2D eigenvalue weighted by Gasteiger charge is 2.16. The van der Waals surface area contributed by atoms with Gasteiger partial charge in [0.25, 0.3) is 0 Å². The number of rotatable bonds is 16. The van der Waals surface area contributed by atoms with Crippen molar-refractivity contribution in [3.63, 3.8) is 0 Å². The van der Waals surface area contributed by atoms with E-state index >= 15 is 0 Å². The molecule has 4 aromatic heterocycles. The van der Waals surface area contributed by atoms with Crippen molar-refractivity contribution in [1.82, 2.24) is 29.2 Å². The van der Waals surface area contributed by atoms with Crippen LogP contribution in [0.3, 0.4) is 0 Å². The van der Waals surface area contributed by atoms with Crippen LogP contribution < -0.4 is 21.3 Å². The van der Waals surface area contributed by atoms with Gasteiger partial charge in [0.1, 0.15) is 34.9 Å². The van der Waals surface area contributed by atoms with Gasteiger partial charge in [0.2, 0.25) is 0 Å². The molecule has 0 atom stereocenters. The topological polar surface area (TPSA) is 108 Å². The molecule has 4 N–H and O–H groups in total. The summed E-state index contributed by atoms with van der Waals surface area (Å²) in [6.07, 6.45) is 6.59. The van der Waals surface area contributed by atoms with E-state index in [-0.39, 0.29) is 23.5 Å². The molecule has 0 fully saturated rings. The van der Waals surface area contributed by atoms with Crippen molar-refractivity contribution < 1.29 is 8.78 Å². The molecule has 0 saturated heterocycles.